The van der Waals surface area contributed by atoms with E-state index in [1.54, 1.807) is 26.8 Å². The van der Waals surface area contributed by atoms with Crippen LogP contribution in [0.1, 0.15) is 40.0 Å². The van der Waals surface area contributed by atoms with Crippen LogP contribution in [-0.4, -0.2) is 31.0 Å². The zero-order chi connectivity index (χ0) is 14.2. The summed E-state index contributed by atoms with van der Waals surface area (Å²) in [5.41, 5.74) is -1.01. The van der Waals surface area contributed by atoms with Crippen LogP contribution in [0.15, 0.2) is 12.2 Å². The normalized spacial score (nSPS) is 12.2. The second-order valence-electron chi connectivity index (χ2n) is 4.50. The van der Waals surface area contributed by atoms with Crippen LogP contribution in [0.25, 0.3) is 0 Å². The molecule has 0 aromatic rings. The second-order valence-corrected chi connectivity index (χ2v) is 5.48. The minimum absolute atomic E-state index is 0. The highest BCUT2D eigenvalue weighted by molar-refractivity contribution is 7.80. The Morgan fingerprint density at radius 3 is 2.42 bits per heavy atom. The third-order valence-corrected chi connectivity index (χ3v) is 2.81. The van der Waals surface area contributed by atoms with Crippen LogP contribution in [0.4, 0.5) is 0 Å². The van der Waals surface area contributed by atoms with Crippen molar-refractivity contribution in [3.63, 3.8) is 0 Å². The van der Waals surface area contributed by atoms with E-state index in [9.17, 15) is 17.8 Å². The van der Waals surface area contributed by atoms with Gasteiger partial charge >= 0.3 is 0 Å². The van der Waals surface area contributed by atoms with Gasteiger partial charge in [0.05, 0.1) is 5.60 Å². The molecule has 0 atom stereocenters. The molecular formula is C11H24N2O5S. The van der Waals surface area contributed by atoms with E-state index in [0.717, 1.165) is 0 Å². The van der Waals surface area contributed by atoms with Crippen molar-refractivity contribution in [3.05, 3.63) is 12.2 Å². The van der Waals surface area contributed by atoms with Crippen LogP contribution in [0.2, 0.25) is 0 Å². The molecule has 8 heteroatoms. The molecule has 0 spiro atoms. The van der Waals surface area contributed by atoms with Crippen molar-refractivity contribution in [2.24, 2.45) is 0 Å². The Labute approximate surface area is 114 Å². The molecule has 0 aromatic heterocycles. The van der Waals surface area contributed by atoms with Crippen LogP contribution in [0.3, 0.4) is 0 Å². The molecule has 0 heterocycles. The molecular weight excluding hydrogens is 272 g/mol. The highest BCUT2D eigenvalue weighted by Gasteiger charge is 2.21. The van der Waals surface area contributed by atoms with E-state index in [1.807, 2.05) is 0 Å². The Morgan fingerprint density at radius 1 is 1.37 bits per heavy atom. The highest BCUT2D eigenvalue weighted by atomic mass is 32.3. The monoisotopic (exact) mass is 296 g/mol. The molecule has 0 unspecified atom stereocenters. The molecule has 0 aliphatic carbocycles. The summed E-state index contributed by atoms with van der Waals surface area (Å²) < 4.78 is 35.8. The van der Waals surface area contributed by atoms with Gasteiger partial charge in [-0.05, 0) is 46.1 Å². The lowest BCUT2D eigenvalue weighted by Crippen LogP contribution is -2.28. The number of hydrogen-bond acceptors (Lipinski definition) is 5. The van der Waals surface area contributed by atoms with Gasteiger partial charge in [-0.25, -0.2) is 8.42 Å². The van der Waals surface area contributed by atoms with Crippen molar-refractivity contribution in [2.45, 2.75) is 45.6 Å². The van der Waals surface area contributed by atoms with Crippen LogP contribution in [-0.2, 0) is 19.4 Å². The van der Waals surface area contributed by atoms with E-state index >= 15 is 0 Å². The van der Waals surface area contributed by atoms with E-state index in [-0.39, 0.29) is 12.1 Å². The number of carbonyl (C=O) groups is 1. The Morgan fingerprint density at radius 2 is 1.95 bits per heavy atom. The fourth-order valence-corrected chi connectivity index (χ4v) is 2.05. The van der Waals surface area contributed by atoms with Crippen molar-refractivity contribution in [1.29, 1.82) is 0 Å². The van der Waals surface area contributed by atoms with Crippen LogP contribution < -0.4 is 11.5 Å². The molecule has 0 saturated heterocycles. The van der Waals surface area contributed by atoms with E-state index in [0.29, 0.717) is 25.8 Å². The lowest BCUT2D eigenvalue weighted by Gasteiger charge is -2.25. The molecule has 0 rings (SSSR count). The molecule has 0 saturated carbocycles. The van der Waals surface area contributed by atoms with Gasteiger partial charge in [-0.15, -0.1) is 0 Å². The first-order valence-electron chi connectivity index (χ1n) is 5.73. The standard InChI is InChI=1S/C11H21NO5S.H3N/c1-4-7-10(13)12-9-6-5-8-11(2,3)17-18(14,15)16;/h4,7H,5-6,8-9H2,1-3H3,(H,12,13)(H,14,15,16);1H3. The quantitative estimate of drug-likeness (QED) is 0.303. The van der Waals surface area contributed by atoms with Crippen LogP contribution in [0.5, 0.6) is 0 Å². The summed E-state index contributed by atoms with van der Waals surface area (Å²) in [7, 11) is -4.67. The van der Waals surface area contributed by atoms with Crippen molar-refractivity contribution in [2.75, 3.05) is 6.54 Å². The minimum Gasteiger partial charge on any atom is -0.726 e. The summed E-state index contributed by atoms with van der Waals surface area (Å²) in [5.74, 6) is -0.157. The summed E-state index contributed by atoms with van der Waals surface area (Å²) in [6.45, 7) is 5.34. The van der Waals surface area contributed by atoms with Gasteiger partial charge in [0.1, 0.15) is 0 Å². The molecule has 5 N–H and O–H groups in total. The molecule has 1 amide bonds. The molecule has 19 heavy (non-hydrogen) atoms. The molecule has 7 nitrogen and oxygen atoms in total. The molecule has 0 aliphatic heterocycles. The van der Waals surface area contributed by atoms with E-state index < -0.39 is 16.0 Å². The number of quaternary nitrogens is 1. The fourth-order valence-electron chi connectivity index (χ4n) is 1.42. The Bertz CT molecular complexity index is 390. The maximum absolute atomic E-state index is 11.0. The number of amides is 1. The lowest BCUT2D eigenvalue weighted by atomic mass is 10.0. The first-order valence-corrected chi connectivity index (χ1v) is 7.06. The minimum atomic E-state index is -4.67. The van der Waals surface area contributed by atoms with Crippen LogP contribution in [0, 0.1) is 0 Å². The van der Waals surface area contributed by atoms with E-state index in [2.05, 4.69) is 9.50 Å². The van der Waals surface area contributed by atoms with Gasteiger partial charge in [0.25, 0.3) is 0 Å². The average molecular weight is 296 g/mol. The van der Waals surface area contributed by atoms with Gasteiger partial charge in [0, 0.05) is 6.54 Å². The van der Waals surface area contributed by atoms with Gasteiger partial charge in [0.15, 0.2) is 0 Å². The number of rotatable bonds is 8. The first-order chi connectivity index (χ1) is 8.16. The van der Waals surface area contributed by atoms with Gasteiger partial charge in [-0.3, -0.25) is 8.98 Å². The molecule has 0 bridgehead atoms. The summed E-state index contributed by atoms with van der Waals surface area (Å²) in [5, 5.41) is 2.67. The van der Waals surface area contributed by atoms with Crippen molar-refractivity contribution >= 4 is 16.3 Å². The summed E-state index contributed by atoms with van der Waals surface area (Å²) >= 11 is 0. The smallest absolute Gasteiger partial charge is 0.243 e. The Kier molecular flexibility index (Phi) is 9.67. The SMILES string of the molecule is CC=CC(=O)NCCCCC(C)(C)OS(=O)(=O)[O-].[NH4+]. The topological polar surface area (TPSA) is 132 Å². The zero-order valence-corrected chi connectivity index (χ0v) is 12.7. The highest BCUT2D eigenvalue weighted by Crippen LogP contribution is 2.19. The molecule has 114 valence electrons. The first kappa shape index (κ1) is 20.4. The zero-order valence-electron chi connectivity index (χ0n) is 11.9. The predicted octanol–water partition coefficient (Wildman–Crippen LogP) is 1.48. The second kappa shape index (κ2) is 9.03. The van der Waals surface area contributed by atoms with Gasteiger partial charge in [-0.1, -0.05) is 6.08 Å². The third kappa shape index (κ3) is 13.3. The summed E-state index contributed by atoms with van der Waals surface area (Å²) in [6.07, 6.45) is 4.84. The van der Waals surface area contributed by atoms with Crippen molar-refractivity contribution in [1.82, 2.24) is 11.5 Å². The predicted molar refractivity (Wildman–Crippen MR) is 72.5 cm³/mol. The Hall–Kier alpha value is -0.960. The van der Waals surface area contributed by atoms with Gasteiger partial charge in [-0.2, -0.15) is 0 Å². The summed E-state index contributed by atoms with van der Waals surface area (Å²) in [4.78, 5) is 11.0. The largest absolute Gasteiger partial charge is 0.726 e. The molecule has 0 fully saturated rings. The maximum atomic E-state index is 11.0. The van der Waals surface area contributed by atoms with Crippen molar-refractivity contribution < 1.29 is 21.9 Å². The average Bonchev–Trinajstić information content (AvgIpc) is 2.13. The third-order valence-electron chi connectivity index (χ3n) is 2.15. The number of unbranched alkanes of at least 4 members (excludes halogenated alkanes) is 1. The summed E-state index contributed by atoms with van der Waals surface area (Å²) in [6, 6.07) is 0. The number of carbonyl (C=O) groups excluding carboxylic acids is 1. The number of allylic oxidation sites excluding steroid dienone is 1. The molecule has 0 aliphatic rings. The van der Waals surface area contributed by atoms with Gasteiger partial charge in [0.2, 0.25) is 16.3 Å². The van der Waals surface area contributed by atoms with Gasteiger partial charge < -0.3 is 16.0 Å². The van der Waals surface area contributed by atoms with Crippen molar-refractivity contribution in [3.8, 4) is 0 Å². The van der Waals surface area contributed by atoms with E-state index in [4.69, 9.17) is 0 Å². The Balaban J connectivity index is 0. The van der Waals surface area contributed by atoms with E-state index in [1.165, 1.54) is 6.08 Å². The van der Waals surface area contributed by atoms with Crippen LogP contribution >= 0.6 is 0 Å². The molecule has 0 radical (unpaired) electrons. The lowest BCUT2D eigenvalue weighted by molar-refractivity contribution is -0.116. The number of nitrogens with one attached hydrogen (secondary N) is 1. The molecule has 0 aromatic carbocycles. The number of hydrogen-bond donors (Lipinski definition) is 2. The maximum Gasteiger partial charge on any atom is 0.243 e. The fraction of sp³-hybridized carbons (Fsp3) is 0.727.